The van der Waals surface area contributed by atoms with Gasteiger partial charge in [0, 0.05) is 32.0 Å². The summed E-state index contributed by atoms with van der Waals surface area (Å²) in [5.41, 5.74) is 8.52. The van der Waals surface area contributed by atoms with Gasteiger partial charge in [0.1, 0.15) is 10.9 Å². The number of para-hydroxylation sites is 2. The van der Waals surface area contributed by atoms with Crippen molar-refractivity contribution in [2.45, 2.75) is 56.5 Å². The molecule has 1 atom stereocenters. The molecule has 5 aromatic rings. The van der Waals surface area contributed by atoms with E-state index in [9.17, 15) is 0 Å². The van der Waals surface area contributed by atoms with Crippen molar-refractivity contribution in [3.63, 3.8) is 0 Å². The van der Waals surface area contributed by atoms with Crippen molar-refractivity contribution in [3.05, 3.63) is 119 Å². The lowest BCUT2D eigenvalue weighted by molar-refractivity contribution is 0.153. The van der Waals surface area contributed by atoms with Gasteiger partial charge in [0.15, 0.2) is 0 Å². The molecule has 7 heteroatoms. The molecule has 39 heavy (non-hydrogen) atoms. The summed E-state index contributed by atoms with van der Waals surface area (Å²) in [5.74, 6) is 1.00. The van der Waals surface area contributed by atoms with Crippen molar-refractivity contribution in [1.29, 1.82) is 0 Å². The Kier molecular flexibility index (Phi) is 8.00. The van der Waals surface area contributed by atoms with E-state index >= 15 is 0 Å². The van der Waals surface area contributed by atoms with Gasteiger partial charge in [0.25, 0.3) is 0 Å². The monoisotopic (exact) mass is 534 g/mol. The van der Waals surface area contributed by atoms with E-state index in [2.05, 4.69) is 87.1 Å². The number of thioether (sulfide) groups is 1. The maximum Gasteiger partial charge on any atom is 0.121 e. The minimum Gasteiger partial charge on any atom is -0.341 e. The third-order valence-electron chi connectivity index (χ3n) is 7.49. The first-order chi connectivity index (χ1) is 19.3. The third kappa shape index (κ3) is 6.06. The number of benzene rings is 2. The lowest BCUT2D eigenvalue weighted by Crippen LogP contribution is -2.31. The number of aromatic amines is 1. The molecular weight excluding hydrogens is 500 g/mol. The topological polar surface area (TPSA) is 69.7 Å². The number of H-pyrrole nitrogens is 1. The van der Waals surface area contributed by atoms with Crippen LogP contribution >= 0.6 is 11.8 Å². The first kappa shape index (κ1) is 25.7. The Morgan fingerprint density at radius 3 is 2.59 bits per heavy atom. The van der Waals surface area contributed by atoms with Gasteiger partial charge in [-0.25, -0.2) is 9.97 Å². The fraction of sp³-hybridized carbons (Fsp3) is 0.281. The summed E-state index contributed by atoms with van der Waals surface area (Å²) in [6.45, 7) is 3.23. The molecule has 0 aliphatic heterocycles. The number of nitrogens with zero attached hydrogens (tertiary/aromatic N) is 4. The van der Waals surface area contributed by atoms with Crippen molar-refractivity contribution in [2.24, 2.45) is 0 Å². The molecule has 3 aromatic heterocycles. The number of fused-ring (bicyclic) bond motifs is 2. The molecule has 1 aliphatic rings. The molecule has 0 saturated heterocycles. The maximum absolute atomic E-state index is 4.90. The lowest BCUT2D eigenvalue weighted by Gasteiger charge is -2.34. The van der Waals surface area contributed by atoms with E-state index in [-0.39, 0.29) is 6.04 Å². The molecule has 0 bridgehead atoms. The van der Waals surface area contributed by atoms with Crippen molar-refractivity contribution < 1.29 is 0 Å². The van der Waals surface area contributed by atoms with Gasteiger partial charge in [-0.2, -0.15) is 0 Å². The Labute approximate surface area is 234 Å². The molecule has 1 unspecified atom stereocenters. The maximum atomic E-state index is 4.90. The normalized spacial score (nSPS) is 15.1. The zero-order valence-electron chi connectivity index (χ0n) is 22.3. The van der Waals surface area contributed by atoms with Gasteiger partial charge >= 0.3 is 0 Å². The second-order valence-electron chi connectivity index (χ2n) is 10.2. The summed E-state index contributed by atoms with van der Waals surface area (Å²) < 4.78 is 0. The highest BCUT2D eigenvalue weighted by molar-refractivity contribution is 7.98. The Bertz CT molecular complexity index is 1500. The van der Waals surface area contributed by atoms with Gasteiger partial charge in [-0.15, -0.1) is 11.8 Å². The van der Waals surface area contributed by atoms with E-state index < -0.39 is 0 Å². The third-order valence-corrected chi connectivity index (χ3v) is 8.25. The number of hydrogen-bond donors (Lipinski definition) is 2. The number of imidazole rings is 1. The van der Waals surface area contributed by atoms with Crippen LogP contribution in [-0.4, -0.2) is 31.1 Å². The van der Waals surface area contributed by atoms with E-state index in [0.29, 0.717) is 0 Å². The van der Waals surface area contributed by atoms with Crippen molar-refractivity contribution in [2.75, 3.05) is 6.26 Å². The summed E-state index contributed by atoms with van der Waals surface area (Å²) in [5, 5.41) is 4.66. The standard InChI is InChI=1S/C32H34N6S/c1-39-32-26(9-6-18-35-32)20-33-19-23-13-15-24(16-14-23)21-38(22-30-36-27-10-2-3-11-28(27)37-30)29-12-4-7-25-8-5-17-34-31(25)29/h2-3,5-6,8-11,13-18,29,33H,4,7,12,19-22H2,1H3,(H,36,37). The Morgan fingerprint density at radius 2 is 1.72 bits per heavy atom. The zero-order chi connectivity index (χ0) is 26.4. The number of hydrogen-bond acceptors (Lipinski definition) is 6. The molecule has 0 amide bonds. The van der Waals surface area contributed by atoms with Gasteiger partial charge in [0.05, 0.1) is 29.3 Å². The second-order valence-corrected chi connectivity index (χ2v) is 10.9. The molecule has 0 saturated carbocycles. The van der Waals surface area contributed by atoms with E-state index in [1.165, 1.54) is 34.4 Å². The van der Waals surface area contributed by atoms with Gasteiger partial charge in [0.2, 0.25) is 0 Å². The summed E-state index contributed by atoms with van der Waals surface area (Å²) in [6.07, 6.45) is 9.26. The molecule has 3 heterocycles. The summed E-state index contributed by atoms with van der Waals surface area (Å²) >= 11 is 1.69. The number of aryl methyl sites for hydroxylation is 1. The molecule has 0 radical (unpaired) electrons. The van der Waals surface area contributed by atoms with Gasteiger partial charge < -0.3 is 10.3 Å². The van der Waals surface area contributed by atoms with Crippen LogP contribution in [0.4, 0.5) is 0 Å². The van der Waals surface area contributed by atoms with E-state index in [1.54, 1.807) is 11.8 Å². The number of aromatic nitrogens is 4. The molecule has 1 aliphatic carbocycles. The highest BCUT2D eigenvalue weighted by Crippen LogP contribution is 2.34. The summed E-state index contributed by atoms with van der Waals surface area (Å²) in [4.78, 5) is 20.3. The Hall–Kier alpha value is -3.52. The average molecular weight is 535 g/mol. The van der Waals surface area contributed by atoms with Crippen LogP contribution in [0, 0.1) is 0 Å². The molecule has 6 rings (SSSR count). The fourth-order valence-electron chi connectivity index (χ4n) is 5.57. The quantitative estimate of drug-likeness (QED) is 0.201. The zero-order valence-corrected chi connectivity index (χ0v) is 23.1. The highest BCUT2D eigenvalue weighted by atomic mass is 32.2. The van der Waals surface area contributed by atoms with Crippen LogP contribution in [0.25, 0.3) is 11.0 Å². The molecule has 2 aromatic carbocycles. The predicted octanol–water partition coefficient (Wildman–Crippen LogP) is 6.44. The predicted molar refractivity (Wildman–Crippen MR) is 158 cm³/mol. The smallest absolute Gasteiger partial charge is 0.121 e. The van der Waals surface area contributed by atoms with Crippen molar-refractivity contribution in [3.8, 4) is 0 Å². The first-order valence-electron chi connectivity index (χ1n) is 13.6. The lowest BCUT2D eigenvalue weighted by atomic mass is 9.90. The summed E-state index contributed by atoms with van der Waals surface area (Å²) in [7, 11) is 0. The van der Waals surface area contributed by atoms with Crippen LogP contribution < -0.4 is 5.32 Å². The van der Waals surface area contributed by atoms with E-state index in [1.807, 2.05) is 24.5 Å². The second kappa shape index (κ2) is 12.1. The molecular formula is C32H34N6S. The minimum absolute atomic E-state index is 0.273. The Morgan fingerprint density at radius 1 is 0.897 bits per heavy atom. The van der Waals surface area contributed by atoms with Gasteiger partial charge in [-0.05, 0) is 72.0 Å². The van der Waals surface area contributed by atoms with Crippen LogP contribution in [0.5, 0.6) is 0 Å². The molecule has 0 spiro atoms. The fourth-order valence-corrected chi connectivity index (χ4v) is 6.14. The van der Waals surface area contributed by atoms with Crippen LogP contribution in [0.3, 0.4) is 0 Å². The SMILES string of the molecule is CSc1ncccc1CNCc1ccc(CN(Cc2nc3ccccc3[nH]2)C2CCCc3cccnc32)cc1. The molecule has 198 valence electrons. The highest BCUT2D eigenvalue weighted by Gasteiger charge is 2.28. The first-order valence-corrected chi connectivity index (χ1v) is 14.9. The van der Waals surface area contributed by atoms with E-state index in [0.717, 1.165) is 60.9 Å². The van der Waals surface area contributed by atoms with Gasteiger partial charge in [-0.3, -0.25) is 9.88 Å². The van der Waals surface area contributed by atoms with Crippen LogP contribution in [0.15, 0.2) is 90.2 Å². The minimum atomic E-state index is 0.273. The van der Waals surface area contributed by atoms with Crippen molar-refractivity contribution in [1.82, 2.24) is 30.2 Å². The van der Waals surface area contributed by atoms with Crippen LogP contribution in [0.2, 0.25) is 0 Å². The van der Waals surface area contributed by atoms with Crippen LogP contribution in [0.1, 0.15) is 52.7 Å². The number of nitrogens with one attached hydrogen (secondary N) is 2. The largest absolute Gasteiger partial charge is 0.341 e. The van der Waals surface area contributed by atoms with Crippen LogP contribution in [-0.2, 0) is 32.6 Å². The molecule has 0 fully saturated rings. The van der Waals surface area contributed by atoms with Crippen molar-refractivity contribution >= 4 is 22.8 Å². The molecule has 2 N–H and O–H groups in total. The Balaban J connectivity index is 1.18. The molecule has 6 nitrogen and oxygen atoms in total. The number of pyridine rings is 2. The number of rotatable bonds is 10. The van der Waals surface area contributed by atoms with E-state index in [4.69, 9.17) is 9.97 Å². The summed E-state index contributed by atoms with van der Waals surface area (Å²) in [6, 6.07) is 26.0. The van der Waals surface area contributed by atoms with Gasteiger partial charge in [-0.1, -0.05) is 48.5 Å². The average Bonchev–Trinajstić information content (AvgIpc) is 3.40.